The first-order chi connectivity index (χ1) is 6.66. The molecule has 0 aliphatic heterocycles. The third-order valence-electron chi connectivity index (χ3n) is 1.93. The van der Waals surface area contributed by atoms with Crippen molar-refractivity contribution in [2.45, 2.75) is 6.92 Å². The Morgan fingerprint density at radius 2 is 2.29 bits per heavy atom. The average molecular weight is 191 g/mol. The number of rotatable bonds is 1. The van der Waals surface area contributed by atoms with Gasteiger partial charge in [0.2, 0.25) is 5.89 Å². The second-order valence-electron chi connectivity index (χ2n) is 2.99. The SMILES string of the molecule is Cc1ccc(N)cc1-c1n[nH]c(=O)o1. The van der Waals surface area contributed by atoms with Crippen LogP contribution in [0.4, 0.5) is 5.69 Å². The number of aromatic amines is 1. The molecule has 0 saturated carbocycles. The van der Waals surface area contributed by atoms with Gasteiger partial charge >= 0.3 is 5.76 Å². The Hall–Kier alpha value is -2.04. The number of anilines is 1. The molecule has 0 fully saturated rings. The zero-order valence-electron chi connectivity index (χ0n) is 7.57. The van der Waals surface area contributed by atoms with Crippen LogP contribution in [0, 0.1) is 6.92 Å². The summed E-state index contributed by atoms with van der Waals surface area (Å²) in [5, 5.41) is 5.93. The van der Waals surface area contributed by atoms with Crippen LogP contribution in [0.2, 0.25) is 0 Å². The van der Waals surface area contributed by atoms with Crippen LogP contribution in [0.3, 0.4) is 0 Å². The zero-order chi connectivity index (χ0) is 10.1. The number of H-pyrrole nitrogens is 1. The molecule has 14 heavy (non-hydrogen) atoms. The molecule has 0 bridgehead atoms. The number of nitrogens with one attached hydrogen (secondary N) is 1. The number of hydrogen-bond acceptors (Lipinski definition) is 4. The number of benzene rings is 1. The van der Waals surface area contributed by atoms with Crippen LogP contribution in [0.15, 0.2) is 27.4 Å². The lowest BCUT2D eigenvalue weighted by atomic mass is 10.1. The highest BCUT2D eigenvalue weighted by atomic mass is 16.4. The molecule has 0 amide bonds. The van der Waals surface area contributed by atoms with Crippen LogP contribution in [0.5, 0.6) is 0 Å². The van der Waals surface area contributed by atoms with E-state index in [1.165, 1.54) is 0 Å². The first-order valence-electron chi connectivity index (χ1n) is 4.09. The van der Waals surface area contributed by atoms with E-state index in [0.717, 1.165) is 11.1 Å². The van der Waals surface area contributed by atoms with Gasteiger partial charge in [-0.25, -0.2) is 9.89 Å². The van der Waals surface area contributed by atoms with Crippen molar-refractivity contribution in [3.8, 4) is 11.5 Å². The molecule has 1 heterocycles. The standard InChI is InChI=1S/C9H9N3O2/c1-5-2-3-6(10)4-7(5)8-11-12-9(13)14-8/h2-4H,10H2,1H3,(H,12,13). The Bertz CT molecular complexity index is 513. The number of aryl methyl sites for hydroxylation is 1. The molecular weight excluding hydrogens is 182 g/mol. The van der Waals surface area contributed by atoms with E-state index in [9.17, 15) is 4.79 Å². The van der Waals surface area contributed by atoms with Crippen LogP contribution >= 0.6 is 0 Å². The van der Waals surface area contributed by atoms with Crippen molar-refractivity contribution in [3.05, 3.63) is 34.3 Å². The maximum Gasteiger partial charge on any atom is 0.434 e. The quantitative estimate of drug-likeness (QED) is 0.656. The van der Waals surface area contributed by atoms with E-state index in [1.54, 1.807) is 12.1 Å². The van der Waals surface area contributed by atoms with Crippen molar-refractivity contribution >= 4 is 5.69 Å². The fourth-order valence-corrected chi connectivity index (χ4v) is 1.22. The van der Waals surface area contributed by atoms with Crippen molar-refractivity contribution in [1.29, 1.82) is 0 Å². The highest BCUT2D eigenvalue weighted by Crippen LogP contribution is 2.22. The van der Waals surface area contributed by atoms with E-state index in [0.29, 0.717) is 5.69 Å². The summed E-state index contributed by atoms with van der Waals surface area (Å²) in [5.41, 5.74) is 7.90. The average Bonchev–Trinajstić information content (AvgIpc) is 2.56. The Morgan fingerprint density at radius 3 is 2.93 bits per heavy atom. The summed E-state index contributed by atoms with van der Waals surface area (Å²) < 4.78 is 4.83. The lowest BCUT2D eigenvalue weighted by molar-refractivity contribution is 0.526. The van der Waals surface area contributed by atoms with Gasteiger partial charge in [-0.1, -0.05) is 6.07 Å². The summed E-state index contributed by atoms with van der Waals surface area (Å²) in [5.74, 6) is -0.304. The normalized spacial score (nSPS) is 10.4. The summed E-state index contributed by atoms with van der Waals surface area (Å²) >= 11 is 0. The molecule has 0 aliphatic carbocycles. The molecule has 0 atom stereocenters. The summed E-state index contributed by atoms with van der Waals surface area (Å²) in [4.78, 5) is 10.7. The lowest BCUT2D eigenvalue weighted by Gasteiger charge is -2.01. The van der Waals surface area contributed by atoms with Gasteiger partial charge in [0.05, 0.1) is 0 Å². The topological polar surface area (TPSA) is 84.9 Å². The van der Waals surface area contributed by atoms with Gasteiger partial charge in [-0.3, -0.25) is 0 Å². The molecule has 2 aromatic rings. The number of nitrogens with zero attached hydrogens (tertiary/aromatic N) is 1. The van der Waals surface area contributed by atoms with Crippen LogP contribution < -0.4 is 11.5 Å². The molecule has 0 radical (unpaired) electrons. The molecule has 1 aromatic heterocycles. The summed E-state index contributed by atoms with van der Waals surface area (Å²) in [6.45, 7) is 1.89. The molecule has 0 spiro atoms. The van der Waals surface area contributed by atoms with Crippen LogP contribution in [0.25, 0.3) is 11.5 Å². The number of hydrogen-bond donors (Lipinski definition) is 2. The van der Waals surface area contributed by atoms with Gasteiger partial charge in [-0.2, -0.15) is 0 Å². The zero-order valence-corrected chi connectivity index (χ0v) is 7.57. The van der Waals surface area contributed by atoms with E-state index < -0.39 is 5.76 Å². The summed E-state index contributed by atoms with van der Waals surface area (Å²) in [6.07, 6.45) is 0. The minimum absolute atomic E-state index is 0.264. The van der Waals surface area contributed by atoms with Gasteiger partial charge in [0.25, 0.3) is 0 Å². The van der Waals surface area contributed by atoms with Crippen molar-refractivity contribution in [1.82, 2.24) is 10.2 Å². The number of aromatic nitrogens is 2. The van der Waals surface area contributed by atoms with Gasteiger partial charge in [0.1, 0.15) is 0 Å². The Morgan fingerprint density at radius 1 is 1.50 bits per heavy atom. The molecular formula is C9H9N3O2. The third-order valence-corrected chi connectivity index (χ3v) is 1.93. The van der Waals surface area contributed by atoms with E-state index in [1.807, 2.05) is 13.0 Å². The predicted molar refractivity (Wildman–Crippen MR) is 51.7 cm³/mol. The molecule has 72 valence electrons. The molecule has 3 N–H and O–H groups in total. The molecule has 0 unspecified atom stereocenters. The fraction of sp³-hybridized carbons (Fsp3) is 0.111. The minimum Gasteiger partial charge on any atom is -0.399 e. The Balaban J connectivity index is 2.61. The molecule has 5 heteroatoms. The lowest BCUT2D eigenvalue weighted by Crippen LogP contribution is -1.93. The first kappa shape index (κ1) is 8.55. The Labute approximate surface area is 79.6 Å². The second-order valence-corrected chi connectivity index (χ2v) is 2.99. The van der Waals surface area contributed by atoms with Crippen LogP contribution in [0.1, 0.15) is 5.56 Å². The Kier molecular flexibility index (Phi) is 1.85. The largest absolute Gasteiger partial charge is 0.434 e. The summed E-state index contributed by atoms with van der Waals surface area (Å²) in [7, 11) is 0. The summed E-state index contributed by atoms with van der Waals surface area (Å²) in [6, 6.07) is 5.34. The molecule has 0 saturated heterocycles. The molecule has 0 aliphatic rings. The third kappa shape index (κ3) is 1.39. The van der Waals surface area contributed by atoms with Gasteiger partial charge in [0.15, 0.2) is 0 Å². The smallest absolute Gasteiger partial charge is 0.399 e. The van der Waals surface area contributed by atoms with Gasteiger partial charge < -0.3 is 10.2 Å². The van der Waals surface area contributed by atoms with Crippen molar-refractivity contribution in [3.63, 3.8) is 0 Å². The van der Waals surface area contributed by atoms with Crippen molar-refractivity contribution < 1.29 is 4.42 Å². The first-order valence-corrected chi connectivity index (χ1v) is 4.09. The monoisotopic (exact) mass is 191 g/mol. The maximum absolute atomic E-state index is 10.7. The van der Waals surface area contributed by atoms with Gasteiger partial charge in [-0.05, 0) is 24.6 Å². The highest BCUT2D eigenvalue weighted by Gasteiger charge is 2.08. The maximum atomic E-state index is 10.7. The second kappa shape index (κ2) is 3.02. The van der Waals surface area contributed by atoms with Crippen LogP contribution in [-0.2, 0) is 0 Å². The highest BCUT2D eigenvalue weighted by molar-refractivity contribution is 5.63. The number of nitrogens with two attached hydrogens (primary N) is 1. The molecule has 1 aromatic carbocycles. The van der Waals surface area contributed by atoms with Crippen molar-refractivity contribution in [2.24, 2.45) is 0 Å². The molecule has 5 nitrogen and oxygen atoms in total. The van der Waals surface area contributed by atoms with E-state index in [2.05, 4.69) is 10.2 Å². The predicted octanol–water partition coefficient (Wildman–Crippen LogP) is 0.921. The number of nitrogen functional groups attached to an aromatic ring is 1. The van der Waals surface area contributed by atoms with E-state index in [4.69, 9.17) is 10.2 Å². The van der Waals surface area contributed by atoms with Gasteiger partial charge in [-0.15, -0.1) is 5.10 Å². The van der Waals surface area contributed by atoms with Crippen LogP contribution in [-0.4, -0.2) is 10.2 Å². The minimum atomic E-state index is -0.568. The van der Waals surface area contributed by atoms with Crippen molar-refractivity contribution in [2.75, 3.05) is 5.73 Å². The van der Waals surface area contributed by atoms with Gasteiger partial charge in [0, 0.05) is 11.3 Å². The van der Waals surface area contributed by atoms with E-state index >= 15 is 0 Å². The fourth-order valence-electron chi connectivity index (χ4n) is 1.22. The van der Waals surface area contributed by atoms with E-state index in [-0.39, 0.29) is 5.89 Å². The molecule has 2 rings (SSSR count).